The van der Waals surface area contributed by atoms with E-state index in [0.29, 0.717) is 0 Å². The molecule has 33 rings (SSSR count). The van der Waals surface area contributed by atoms with Crippen LogP contribution in [0.1, 0.15) is 0 Å². The molecule has 0 aliphatic carbocycles. The van der Waals surface area contributed by atoms with E-state index in [1.165, 1.54) is 130 Å². The fraction of sp³-hybridized carbons (Fsp3) is 0. The van der Waals surface area contributed by atoms with E-state index in [1.807, 2.05) is 115 Å². The Labute approximate surface area is 789 Å². The van der Waals surface area contributed by atoms with E-state index >= 15 is 0 Å². The van der Waals surface area contributed by atoms with Crippen LogP contribution in [0.15, 0.2) is 431 Å². The van der Waals surface area contributed by atoms with Crippen LogP contribution < -0.4 is 129 Å². The standard InChI is InChI=1S/4C26H15BO2.C18H11BO2/c1-3-8-18-14-24-20(12-16(18)6-1)27-21-13-17-7-2-4-9-19(17)15-25(21)29-23-11-5-10-22(28-24)26(23)27;1-3-8-18-16(6-1)12-14-20-25(18)28-22-10-5-11-23-24(22)27(20)21-15-13-17-7-2-4-9-19(17)26(21)29-23;1-3-8-18-16(6-1)12-14-22-24(18)27-25-19-9-4-2-7-17(19)13-15-23(25)29-21-11-5-10-20(28-22)26(21)27;1-2-8-18-15-24-20(14-17(18)7-1)27-25-19-9-4-3-6-16(19)12-13-23(25)28-21-10-5-11-22(29-24)26(21)27;1-3-8-14-12(6-1)19-13-7-2-4-9-15(13)21-17-11-5-10-16(20-14)18(17)19/h4*1-15H;1-11H. The normalized spacial score (nSPS) is 13.3. The van der Waals surface area contributed by atoms with Crippen molar-refractivity contribution < 1.29 is 47.4 Å². The highest BCUT2D eigenvalue weighted by Gasteiger charge is 2.47. The number of rotatable bonds is 0. The van der Waals surface area contributed by atoms with Gasteiger partial charge >= 0.3 is 0 Å². The molecule has 0 aromatic heterocycles. The van der Waals surface area contributed by atoms with E-state index in [2.05, 4.69) is 315 Å². The maximum atomic E-state index is 6.46. The first-order chi connectivity index (χ1) is 67.9. The van der Waals surface area contributed by atoms with E-state index in [9.17, 15) is 0 Å². The van der Waals surface area contributed by atoms with Gasteiger partial charge in [0.05, 0.1) is 0 Å². The lowest BCUT2D eigenvalue weighted by Gasteiger charge is -2.34. The smallest absolute Gasteiger partial charge is 0.262 e. The minimum atomic E-state index is 0.0749. The van der Waals surface area contributed by atoms with Crippen LogP contribution in [0.2, 0.25) is 0 Å². The summed E-state index contributed by atoms with van der Waals surface area (Å²) in [5.74, 6) is 18.2. The lowest BCUT2D eigenvalue weighted by Crippen LogP contribution is -2.57. The molecule has 10 aliphatic heterocycles. The Morgan fingerprint density at radius 1 is 0.109 bits per heavy atom. The molecule has 0 saturated carbocycles. The summed E-state index contributed by atoms with van der Waals surface area (Å²) < 4.78 is 63.2. The average molecular weight is 1750 g/mol. The van der Waals surface area contributed by atoms with Crippen molar-refractivity contribution in [2.24, 2.45) is 0 Å². The Kier molecular flexibility index (Phi) is 17.2. The molecule has 10 aliphatic rings. The molecule has 15 heteroatoms. The predicted molar refractivity (Wildman–Crippen MR) is 561 cm³/mol. The van der Waals surface area contributed by atoms with Crippen LogP contribution in [0, 0.1) is 0 Å². The highest BCUT2D eigenvalue weighted by Crippen LogP contribution is 2.46. The monoisotopic (exact) mass is 1750 g/mol. The topological polar surface area (TPSA) is 92.3 Å². The van der Waals surface area contributed by atoms with Crippen molar-refractivity contribution in [2.75, 3.05) is 0 Å². The van der Waals surface area contributed by atoms with Crippen LogP contribution >= 0.6 is 0 Å². The highest BCUT2D eigenvalue weighted by molar-refractivity contribution is 7.02. The van der Waals surface area contributed by atoms with Gasteiger partial charge in [0.15, 0.2) is 0 Å². The van der Waals surface area contributed by atoms with Gasteiger partial charge in [-0.25, -0.2) is 0 Å². The summed E-state index contributed by atoms with van der Waals surface area (Å²) >= 11 is 0. The van der Waals surface area contributed by atoms with Crippen LogP contribution in [0.4, 0.5) is 0 Å². The molecule has 23 aromatic carbocycles. The van der Waals surface area contributed by atoms with Gasteiger partial charge in [-0.3, -0.25) is 0 Å². The van der Waals surface area contributed by atoms with Crippen molar-refractivity contribution >= 4 is 202 Å². The number of benzene rings is 23. The second-order valence-electron chi connectivity index (χ2n) is 36.3. The largest absolute Gasteiger partial charge is 0.458 e. The van der Waals surface area contributed by atoms with Gasteiger partial charge < -0.3 is 47.4 Å². The summed E-state index contributed by atoms with van der Waals surface area (Å²) in [5, 5.41) is 19.3. The zero-order valence-electron chi connectivity index (χ0n) is 73.5. The molecule has 10 nitrogen and oxygen atoms in total. The van der Waals surface area contributed by atoms with E-state index in [1.54, 1.807) is 0 Å². The molecule has 137 heavy (non-hydrogen) atoms. The molecule has 0 bridgehead atoms. The van der Waals surface area contributed by atoms with E-state index in [0.717, 1.165) is 153 Å². The fourth-order valence-corrected chi connectivity index (χ4v) is 22.9. The van der Waals surface area contributed by atoms with Crippen LogP contribution in [0.25, 0.3) is 86.2 Å². The molecule has 0 unspecified atom stereocenters. The third-order valence-corrected chi connectivity index (χ3v) is 28.9. The first-order valence-corrected chi connectivity index (χ1v) is 46.7. The number of hydrogen-bond acceptors (Lipinski definition) is 10. The summed E-state index contributed by atoms with van der Waals surface area (Å²) in [4.78, 5) is 0. The first-order valence-electron chi connectivity index (χ1n) is 46.7. The van der Waals surface area contributed by atoms with Gasteiger partial charge in [0.25, 0.3) is 33.6 Å². The van der Waals surface area contributed by atoms with Gasteiger partial charge in [-0.05, 0) is 239 Å². The molecular weight excluding hydrogens is 1680 g/mol. The molecule has 0 radical (unpaired) electrons. The van der Waals surface area contributed by atoms with Gasteiger partial charge in [0.1, 0.15) is 115 Å². The van der Waals surface area contributed by atoms with Gasteiger partial charge in [-0.2, -0.15) is 0 Å². The fourth-order valence-electron chi connectivity index (χ4n) is 22.9. The van der Waals surface area contributed by atoms with Crippen molar-refractivity contribution in [3.05, 3.63) is 431 Å². The molecule has 0 saturated heterocycles. The Balaban J connectivity index is 0.0000000831. The summed E-state index contributed by atoms with van der Waals surface area (Å²) in [6.07, 6.45) is 0. The van der Waals surface area contributed by atoms with E-state index < -0.39 is 0 Å². The van der Waals surface area contributed by atoms with Crippen LogP contribution in [-0.4, -0.2) is 33.6 Å². The lowest BCUT2D eigenvalue weighted by atomic mass is 9.34. The zero-order chi connectivity index (χ0) is 89.6. The van der Waals surface area contributed by atoms with Crippen molar-refractivity contribution in [3.8, 4) is 115 Å². The molecule has 0 amide bonds. The van der Waals surface area contributed by atoms with Gasteiger partial charge in [-0.1, -0.05) is 322 Å². The summed E-state index contributed by atoms with van der Waals surface area (Å²) in [6.45, 7) is 0.548. The molecule has 634 valence electrons. The number of hydrogen-bond donors (Lipinski definition) is 0. The molecular formula is C122H71B5O10. The third-order valence-electron chi connectivity index (χ3n) is 28.9. The van der Waals surface area contributed by atoms with Crippen molar-refractivity contribution in [1.82, 2.24) is 0 Å². The van der Waals surface area contributed by atoms with Crippen molar-refractivity contribution in [1.29, 1.82) is 0 Å². The summed E-state index contributed by atoms with van der Waals surface area (Å²) in [7, 11) is 0. The van der Waals surface area contributed by atoms with Gasteiger partial charge in [0, 0.05) is 38.1 Å². The van der Waals surface area contributed by atoms with Gasteiger partial charge in [0.2, 0.25) is 0 Å². The minimum Gasteiger partial charge on any atom is -0.458 e. The Hall–Kier alpha value is -17.5. The molecule has 10 heterocycles. The number of ether oxygens (including phenoxy) is 10. The summed E-state index contributed by atoms with van der Waals surface area (Å²) in [6, 6.07) is 150. The average Bonchev–Trinajstić information content (AvgIpc) is 0.712. The van der Waals surface area contributed by atoms with Crippen LogP contribution in [-0.2, 0) is 0 Å². The predicted octanol–water partition coefficient (Wildman–Crippen LogP) is 21.3. The van der Waals surface area contributed by atoms with Crippen molar-refractivity contribution in [3.63, 3.8) is 0 Å². The Morgan fingerprint density at radius 2 is 0.321 bits per heavy atom. The molecule has 0 N–H and O–H groups in total. The Bertz CT molecular complexity index is 8720. The SMILES string of the molecule is c1cc2c3c(c1)Oc1c(ccc4ccccc14)B3c1ccc3ccccc3c1O2.c1cc2c3c(c1)Oc1cc4ccccc4cc1B3c1cc3ccccc3cc1O2.c1cc2c3c(c1)Oc1ccc4ccccc4c1B3c1c(ccc3ccccc13)O2.c1cc2c3c(c1)Oc1ccc4ccccc4c1B3c1cc3ccccc3cc1O2.c1ccc2c(c1)Oc1cccc3c1B2c1ccccc1O3. The van der Waals surface area contributed by atoms with Crippen LogP contribution in [0.5, 0.6) is 115 Å². The zero-order valence-corrected chi connectivity index (χ0v) is 73.5. The van der Waals surface area contributed by atoms with E-state index in [4.69, 9.17) is 47.4 Å². The quantitative estimate of drug-likeness (QED) is 0.137. The minimum absolute atomic E-state index is 0.0749. The van der Waals surface area contributed by atoms with E-state index in [-0.39, 0.29) is 33.6 Å². The first kappa shape index (κ1) is 77.1. The summed E-state index contributed by atoms with van der Waals surface area (Å²) in [5.41, 5.74) is 17.7. The Morgan fingerprint density at radius 3 is 0.672 bits per heavy atom. The molecule has 0 atom stereocenters. The van der Waals surface area contributed by atoms with Crippen LogP contribution in [0.3, 0.4) is 0 Å². The molecule has 0 spiro atoms. The second kappa shape index (κ2) is 30.5. The number of para-hydroxylation sites is 2. The second-order valence-corrected chi connectivity index (χ2v) is 36.3. The highest BCUT2D eigenvalue weighted by atomic mass is 16.5. The maximum absolute atomic E-state index is 6.46. The van der Waals surface area contributed by atoms with Crippen molar-refractivity contribution in [2.45, 2.75) is 0 Å². The van der Waals surface area contributed by atoms with Gasteiger partial charge in [-0.15, -0.1) is 0 Å². The molecule has 23 aromatic rings. The number of fused-ring (bicyclic) bond motifs is 33. The maximum Gasteiger partial charge on any atom is 0.262 e. The lowest BCUT2D eigenvalue weighted by molar-refractivity contribution is 0.464. The third kappa shape index (κ3) is 12.2. The molecule has 0 fully saturated rings.